The minimum atomic E-state index is -0.992. The minimum Gasteiger partial charge on any atom is -0.336 e. The molecule has 1 aliphatic carbocycles. The Morgan fingerprint density at radius 3 is 1.66 bits per heavy atom. The molecule has 10 heteroatoms. The van der Waals surface area contributed by atoms with E-state index >= 15 is 0 Å². The van der Waals surface area contributed by atoms with E-state index in [-0.39, 0.29) is 19.3 Å². The van der Waals surface area contributed by atoms with Gasteiger partial charge in [-0.1, -0.05) is 41.8 Å². The second-order valence-corrected chi connectivity index (χ2v) is 10.3. The van der Waals surface area contributed by atoms with Crippen LogP contribution in [0.15, 0.2) is 72.8 Å². The normalized spacial score (nSPS) is 19.2. The largest absolute Gasteiger partial charge is 0.336 e. The first-order chi connectivity index (χ1) is 18.5. The third kappa shape index (κ3) is 6.88. The van der Waals surface area contributed by atoms with Gasteiger partial charge in [0, 0.05) is 39.9 Å². The van der Waals surface area contributed by atoms with Gasteiger partial charge in [-0.25, -0.2) is 14.2 Å². The van der Waals surface area contributed by atoms with Crippen molar-refractivity contribution >= 4 is 40.3 Å². The fourth-order valence-electron chi connectivity index (χ4n) is 4.68. The molecule has 1 saturated carbocycles. The first kappa shape index (κ1) is 27.0. The molecular weight excluding hydrogens is 532 g/mol. The summed E-state index contributed by atoms with van der Waals surface area (Å²) in [5.41, 5.74) is 2.48. The molecule has 0 bridgehead atoms. The van der Waals surface area contributed by atoms with Crippen molar-refractivity contribution in [3.8, 4) is 0 Å². The van der Waals surface area contributed by atoms with E-state index in [4.69, 9.17) is 42.8 Å². The molecule has 1 spiro atoms. The standard InChI is InChI=1S/C28H30Cl2FN3O4/c29-22-6-4-8-26(16-22)33-18-32(25-12-10-24(31)11-13-25)19-34(27-9-5-7-23(30)17-27)21-36-38-28(37-35-20-33)14-2-1-3-15-28/h4-13,16-17H,1-3,14-15,18-21H2. The van der Waals surface area contributed by atoms with E-state index in [1.165, 1.54) is 12.1 Å². The first-order valence-corrected chi connectivity index (χ1v) is 13.4. The van der Waals surface area contributed by atoms with E-state index in [1.807, 2.05) is 58.3 Å². The lowest BCUT2D eigenvalue weighted by Gasteiger charge is -2.40. The van der Waals surface area contributed by atoms with Crippen LogP contribution < -0.4 is 14.7 Å². The molecular formula is C28H30Cl2FN3O4. The van der Waals surface area contributed by atoms with Gasteiger partial charge in [-0.2, -0.15) is 9.78 Å². The predicted octanol–water partition coefficient (Wildman–Crippen LogP) is 7.35. The molecule has 3 aromatic carbocycles. The summed E-state index contributed by atoms with van der Waals surface area (Å²) in [6, 6.07) is 21.4. The van der Waals surface area contributed by atoms with Crippen LogP contribution in [0.3, 0.4) is 0 Å². The van der Waals surface area contributed by atoms with Crippen LogP contribution in [0.1, 0.15) is 32.1 Å². The molecule has 0 N–H and O–H groups in total. The average Bonchev–Trinajstić information content (AvgIpc) is 2.91. The number of hydrogen-bond acceptors (Lipinski definition) is 7. The smallest absolute Gasteiger partial charge is 0.234 e. The summed E-state index contributed by atoms with van der Waals surface area (Å²) in [5.74, 6) is -1.30. The van der Waals surface area contributed by atoms with Gasteiger partial charge >= 0.3 is 0 Å². The number of nitrogens with zero attached hydrogens (tertiary/aromatic N) is 3. The molecule has 2 aliphatic rings. The monoisotopic (exact) mass is 561 g/mol. The van der Waals surface area contributed by atoms with Gasteiger partial charge in [-0.15, -0.1) is 0 Å². The van der Waals surface area contributed by atoms with Crippen LogP contribution >= 0.6 is 23.2 Å². The van der Waals surface area contributed by atoms with Crippen LogP contribution in [-0.2, 0) is 19.6 Å². The molecule has 1 saturated heterocycles. The molecule has 2 fully saturated rings. The lowest BCUT2D eigenvalue weighted by molar-refractivity contribution is -0.516. The van der Waals surface area contributed by atoms with Crippen LogP contribution in [0.2, 0.25) is 10.0 Å². The Morgan fingerprint density at radius 2 is 1.16 bits per heavy atom. The van der Waals surface area contributed by atoms with Crippen molar-refractivity contribution < 1.29 is 23.9 Å². The minimum absolute atomic E-state index is 0.0975. The number of halogens is 3. The van der Waals surface area contributed by atoms with Gasteiger partial charge in [0.15, 0.2) is 13.5 Å². The van der Waals surface area contributed by atoms with Crippen molar-refractivity contribution in [3.05, 3.63) is 88.7 Å². The molecule has 1 aliphatic heterocycles. The second-order valence-electron chi connectivity index (χ2n) is 9.47. The van der Waals surface area contributed by atoms with Gasteiger partial charge < -0.3 is 14.7 Å². The Hall–Kier alpha value is -2.59. The zero-order chi connectivity index (χ0) is 26.4. The third-order valence-corrected chi connectivity index (χ3v) is 7.15. The maximum atomic E-state index is 13.8. The summed E-state index contributed by atoms with van der Waals surface area (Å²) in [6.07, 6.45) is 4.30. The summed E-state index contributed by atoms with van der Waals surface area (Å²) >= 11 is 12.7. The number of rotatable bonds is 3. The average molecular weight is 562 g/mol. The van der Waals surface area contributed by atoms with Crippen molar-refractivity contribution in [1.29, 1.82) is 0 Å². The van der Waals surface area contributed by atoms with Crippen LogP contribution in [0.25, 0.3) is 0 Å². The Labute approximate surface area is 232 Å². The lowest BCUT2D eigenvalue weighted by Crippen LogP contribution is -2.48. The van der Waals surface area contributed by atoms with Gasteiger partial charge in [0.05, 0.1) is 13.3 Å². The van der Waals surface area contributed by atoms with Crippen molar-refractivity contribution in [2.24, 2.45) is 0 Å². The van der Waals surface area contributed by atoms with Crippen LogP contribution in [0.5, 0.6) is 0 Å². The summed E-state index contributed by atoms with van der Waals surface area (Å²) in [6.45, 7) is 0.946. The van der Waals surface area contributed by atoms with Crippen molar-refractivity contribution in [3.63, 3.8) is 0 Å². The van der Waals surface area contributed by atoms with E-state index < -0.39 is 5.79 Å². The van der Waals surface area contributed by atoms with E-state index in [1.54, 1.807) is 12.1 Å². The van der Waals surface area contributed by atoms with E-state index in [0.717, 1.165) is 36.3 Å². The first-order valence-electron chi connectivity index (χ1n) is 12.6. The highest BCUT2D eigenvalue weighted by atomic mass is 35.5. The fraction of sp³-hybridized carbons (Fsp3) is 0.357. The molecule has 0 amide bonds. The van der Waals surface area contributed by atoms with E-state index in [0.29, 0.717) is 36.2 Å². The Morgan fingerprint density at radius 1 is 0.632 bits per heavy atom. The molecule has 3 aromatic rings. The second kappa shape index (κ2) is 12.5. The van der Waals surface area contributed by atoms with Crippen LogP contribution in [0, 0.1) is 5.82 Å². The molecule has 7 nitrogen and oxygen atoms in total. The Balaban J connectivity index is 1.51. The van der Waals surface area contributed by atoms with Crippen molar-refractivity contribution in [2.75, 3.05) is 41.5 Å². The maximum absolute atomic E-state index is 13.8. The third-order valence-electron chi connectivity index (χ3n) is 6.68. The molecule has 0 radical (unpaired) electrons. The molecule has 1 heterocycles. The van der Waals surface area contributed by atoms with Crippen LogP contribution in [-0.4, -0.2) is 32.6 Å². The summed E-state index contributed by atoms with van der Waals surface area (Å²) in [7, 11) is 0. The summed E-state index contributed by atoms with van der Waals surface area (Å²) < 4.78 is 13.8. The number of hydrogen-bond donors (Lipinski definition) is 0. The Bertz CT molecular complexity index is 1130. The predicted molar refractivity (Wildman–Crippen MR) is 146 cm³/mol. The SMILES string of the molecule is Fc1ccc(N2CN(c3cccc(Cl)c3)COOC3(CCCCC3)OOCN(c3cccc(Cl)c3)C2)cc1. The quantitative estimate of drug-likeness (QED) is 0.309. The van der Waals surface area contributed by atoms with Crippen LogP contribution in [0.4, 0.5) is 21.5 Å². The molecule has 38 heavy (non-hydrogen) atoms. The Kier molecular flexibility index (Phi) is 8.89. The van der Waals surface area contributed by atoms with Gasteiger partial charge in [0.1, 0.15) is 5.82 Å². The van der Waals surface area contributed by atoms with Gasteiger partial charge in [-0.05, 0) is 73.5 Å². The summed E-state index contributed by atoms with van der Waals surface area (Å²) in [4.78, 5) is 29.5. The van der Waals surface area contributed by atoms with Crippen molar-refractivity contribution in [1.82, 2.24) is 0 Å². The number of benzene rings is 3. The topological polar surface area (TPSA) is 46.6 Å². The highest BCUT2D eigenvalue weighted by Crippen LogP contribution is 2.34. The van der Waals surface area contributed by atoms with Crippen molar-refractivity contribution in [2.45, 2.75) is 37.9 Å². The fourth-order valence-corrected chi connectivity index (χ4v) is 5.05. The summed E-state index contributed by atoms with van der Waals surface area (Å²) in [5, 5.41) is 1.20. The molecule has 0 aromatic heterocycles. The van der Waals surface area contributed by atoms with E-state index in [9.17, 15) is 4.39 Å². The zero-order valence-electron chi connectivity index (χ0n) is 20.9. The van der Waals surface area contributed by atoms with Gasteiger partial charge in [0.25, 0.3) is 0 Å². The molecule has 0 unspecified atom stereocenters. The highest BCUT2D eigenvalue weighted by Gasteiger charge is 2.38. The molecule has 202 valence electrons. The molecule has 0 atom stereocenters. The highest BCUT2D eigenvalue weighted by molar-refractivity contribution is 6.31. The lowest BCUT2D eigenvalue weighted by atomic mass is 9.94. The zero-order valence-corrected chi connectivity index (χ0v) is 22.4. The van der Waals surface area contributed by atoms with Gasteiger partial charge in [0.2, 0.25) is 5.79 Å². The van der Waals surface area contributed by atoms with Gasteiger partial charge in [-0.3, -0.25) is 0 Å². The number of anilines is 3. The van der Waals surface area contributed by atoms with E-state index in [2.05, 4.69) is 4.90 Å². The maximum Gasteiger partial charge on any atom is 0.234 e. The molecule has 5 rings (SSSR count).